The maximum atomic E-state index is 10.8. The molecule has 0 radical (unpaired) electrons. The van der Waals surface area contributed by atoms with Crippen LogP contribution in [0.4, 0.5) is 0 Å². The van der Waals surface area contributed by atoms with Gasteiger partial charge in [-0.05, 0) is 6.92 Å². The molecule has 0 aliphatic carbocycles. The van der Waals surface area contributed by atoms with Gasteiger partial charge in [-0.2, -0.15) is 8.42 Å². The van der Waals surface area contributed by atoms with Gasteiger partial charge in [-0.1, -0.05) is 0 Å². The molecule has 7 heteroatoms. The first-order valence-electron chi connectivity index (χ1n) is 3.16. The Hall–Kier alpha value is -0.555. The topological polar surface area (TPSA) is 74.7 Å². The lowest BCUT2D eigenvalue weighted by molar-refractivity contribution is -0.137. The summed E-state index contributed by atoms with van der Waals surface area (Å²) in [7, 11) is -2.69. The van der Waals surface area contributed by atoms with Crippen molar-refractivity contribution >= 4 is 24.1 Å². The molecule has 1 saturated heterocycles. The highest BCUT2D eigenvalue weighted by Crippen LogP contribution is 2.30. The summed E-state index contributed by atoms with van der Waals surface area (Å²) in [6.45, 7) is 1.57. The van der Waals surface area contributed by atoms with Gasteiger partial charge in [0.25, 0.3) is 0 Å². The second-order valence-corrected chi connectivity index (χ2v) is 3.93. The summed E-state index contributed by atoms with van der Waals surface area (Å²) in [5.41, 5.74) is 0. The van der Waals surface area contributed by atoms with Gasteiger partial charge in [0, 0.05) is 5.82 Å². The second kappa shape index (κ2) is 2.21. The molecule has 2 atom stereocenters. The number of nitrogens with zero attached hydrogens (tertiary/aromatic N) is 1. The van der Waals surface area contributed by atoms with Crippen molar-refractivity contribution in [1.82, 2.24) is 4.31 Å². The van der Waals surface area contributed by atoms with Crippen LogP contribution in [0.15, 0.2) is 0 Å². The fourth-order valence-corrected chi connectivity index (χ4v) is 2.05. The molecule has 1 fully saturated rings. The van der Waals surface area contributed by atoms with Crippen molar-refractivity contribution in [3.8, 4) is 0 Å². The van der Waals surface area contributed by atoms with E-state index in [1.54, 1.807) is 14.8 Å². The van der Waals surface area contributed by atoms with Crippen LogP contribution in [0.25, 0.3) is 0 Å². The summed E-state index contributed by atoms with van der Waals surface area (Å²) >= 11 is 0. The van der Waals surface area contributed by atoms with Gasteiger partial charge in [0.2, 0.25) is 5.91 Å². The molecule has 1 amide bonds. The van der Waals surface area contributed by atoms with E-state index in [4.69, 9.17) is 4.55 Å². The van der Waals surface area contributed by atoms with E-state index in [0.29, 0.717) is 4.31 Å². The molecular weight excluding hydrogens is 169 g/mol. The van der Waals surface area contributed by atoms with Gasteiger partial charge in [0.1, 0.15) is 7.85 Å². The zero-order chi connectivity index (χ0) is 8.81. The Balaban J connectivity index is 2.88. The van der Waals surface area contributed by atoms with Crippen LogP contribution in [0.2, 0.25) is 5.82 Å². The lowest BCUT2D eigenvalue weighted by atomic mass is 9.75. The second-order valence-electron chi connectivity index (χ2n) is 2.64. The zero-order valence-electron chi connectivity index (χ0n) is 6.18. The zero-order valence-corrected chi connectivity index (χ0v) is 7.00. The molecule has 0 aromatic carbocycles. The monoisotopic (exact) mass is 177 g/mol. The third kappa shape index (κ3) is 1.14. The molecule has 1 rings (SSSR count). The van der Waals surface area contributed by atoms with Crippen molar-refractivity contribution in [2.75, 3.05) is 0 Å². The lowest BCUT2D eigenvalue weighted by Crippen LogP contribution is -2.58. The summed E-state index contributed by atoms with van der Waals surface area (Å²) in [6.07, 6.45) is 0. The number of amides is 1. The summed E-state index contributed by atoms with van der Waals surface area (Å²) in [5, 5.41) is 0. The Morgan fingerprint density at radius 1 is 1.64 bits per heavy atom. The number of β-lactam (4-membered cyclic amide) rings is 1. The number of carbonyl (C=O) groups excluding carboxylic acids is 1. The molecule has 0 unspecified atom stereocenters. The molecule has 0 bridgehead atoms. The highest BCUT2D eigenvalue weighted by atomic mass is 32.2. The lowest BCUT2D eigenvalue weighted by Gasteiger charge is -2.40. The van der Waals surface area contributed by atoms with Crippen LogP contribution < -0.4 is 0 Å². The predicted molar refractivity (Wildman–Crippen MR) is 40.2 cm³/mol. The van der Waals surface area contributed by atoms with E-state index in [-0.39, 0.29) is 5.82 Å². The largest absolute Gasteiger partial charge is 0.362 e. The maximum absolute atomic E-state index is 10.8. The Labute approximate surface area is 65.7 Å². The van der Waals surface area contributed by atoms with Crippen LogP contribution in [-0.4, -0.2) is 37.1 Å². The van der Waals surface area contributed by atoms with Gasteiger partial charge in [-0.3, -0.25) is 9.35 Å². The van der Waals surface area contributed by atoms with E-state index in [0.717, 1.165) is 0 Å². The van der Waals surface area contributed by atoms with Crippen molar-refractivity contribution in [3.05, 3.63) is 0 Å². The quantitative estimate of drug-likeness (QED) is 0.298. The van der Waals surface area contributed by atoms with E-state index >= 15 is 0 Å². The summed E-state index contributed by atoms with van der Waals surface area (Å²) < 4.78 is 29.8. The SMILES string of the molecule is B[C@H]1C(=O)N(S(=O)(=O)O)[C@H]1C. The Bertz CT molecular complexity index is 286. The molecule has 0 aromatic heterocycles. The molecule has 11 heavy (non-hydrogen) atoms. The van der Waals surface area contributed by atoms with E-state index in [1.807, 2.05) is 0 Å². The molecule has 1 aliphatic heterocycles. The number of carbonyl (C=O) groups is 1. The van der Waals surface area contributed by atoms with Crippen LogP contribution in [0.5, 0.6) is 0 Å². The summed E-state index contributed by atoms with van der Waals surface area (Å²) in [4.78, 5) is 10.8. The molecule has 0 saturated carbocycles. The molecule has 0 spiro atoms. The van der Waals surface area contributed by atoms with E-state index in [9.17, 15) is 13.2 Å². The number of hydrogen-bond donors (Lipinski definition) is 1. The van der Waals surface area contributed by atoms with Gasteiger partial charge in [-0.15, -0.1) is 0 Å². The number of rotatable bonds is 1. The van der Waals surface area contributed by atoms with Crippen molar-refractivity contribution < 1.29 is 17.8 Å². The highest BCUT2D eigenvalue weighted by molar-refractivity contribution is 7.84. The minimum atomic E-state index is -4.31. The molecule has 1 heterocycles. The van der Waals surface area contributed by atoms with Gasteiger partial charge in [-0.25, -0.2) is 4.31 Å². The first-order valence-corrected chi connectivity index (χ1v) is 4.56. The minimum absolute atomic E-state index is 0.308. The average molecular weight is 177 g/mol. The van der Waals surface area contributed by atoms with Crippen LogP contribution in [-0.2, 0) is 15.1 Å². The maximum Gasteiger partial charge on any atom is 0.362 e. The van der Waals surface area contributed by atoms with E-state index < -0.39 is 22.3 Å². The fraction of sp³-hybridized carbons (Fsp3) is 0.750. The third-order valence-electron chi connectivity index (χ3n) is 1.95. The van der Waals surface area contributed by atoms with E-state index in [1.165, 1.54) is 0 Å². The Morgan fingerprint density at radius 3 is 2.27 bits per heavy atom. The molecule has 0 aromatic rings. The van der Waals surface area contributed by atoms with Crippen molar-refractivity contribution in [1.29, 1.82) is 0 Å². The standard InChI is InChI=1S/C4H8BNO4S/c1-2-3(5)4(7)6(2)11(8,9)10/h2-3H,5H2,1H3,(H,8,9,10)/t2-,3+/m0/s1. The third-order valence-corrected chi connectivity index (χ3v) is 2.96. The summed E-state index contributed by atoms with van der Waals surface area (Å²) in [6, 6.07) is -0.419. The van der Waals surface area contributed by atoms with Crippen LogP contribution in [0.1, 0.15) is 6.92 Å². The van der Waals surface area contributed by atoms with Gasteiger partial charge >= 0.3 is 10.3 Å². The van der Waals surface area contributed by atoms with Crippen molar-refractivity contribution in [2.24, 2.45) is 0 Å². The smallest absolute Gasteiger partial charge is 0.274 e. The Morgan fingerprint density at radius 2 is 2.09 bits per heavy atom. The molecule has 62 valence electrons. The average Bonchev–Trinajstić information content (AvgIpc) is 1.85. The van der Waals surface area contributed by atoms with Gasteiger partial charge < -0.3 is 0 Å². The van der Waals surface area contributed by atoms with Crippen molar-refractivity contribution in [2.45, 2.75) is 18.8 Å². The van der Waals surface area contributed by atoms with Crippen LogP contribution in [0, 0.1) is 0 Å². The molecule has 1 N–H and O–H groups in total. The molecule has 1 aliphatic rings. The highest BCUT2D eigenvalue weighted by Gasteiger charge is 2.47. The van der Waals surface area contributed by atoms with Gasteiger partial charge in [0.15, 0.2) is 0 Å². The number of hydrogen-bond acceptors (Lipinski definition) is 3. The van der Waals surface area contributed by atoms with E-state index in [2.05, 4.69) is 0 Å². The normalized spacial score (nSPS) is 31.8. The molecule has 5 nitrogen and oxygen atoms in total. The molecular formula is C4H8BNO4S. The first kappa shape index (κ1) is 8.54. The first-order chi connectivity index (χ1) is 4.85. The van der Waals surface area contributed by atoms with Crippen molar-refractivity contribution in [3.63, 3.8) is 0 Å². The van der Waals surface area contributed by atoms with Gasteiger partial charge in [0.05, 0.1) is 6.04 Å². The summed E-state index contributed by atoms with van der Waals surface area (Å²) in [5.74, 6) is -0.850. The Kier molecular flexibility index (Phi) is 1.72. The fourth-order valence-electron chi connectivity index (χ4n) is 1.05. The van der Waals surface area contributed by atoms with Crippen LogP contribution in [0.3, 0.4) is 0 Å². The van der Waals surface area contributed by atoms with Crippen LogP contribution >= 0.6 is 0 Å². The minimum Gasteiger partial charge on any atom is -0.274 e. The predicted octanol–water partition coefficient (Wildman–Crippen LogP) is -1.56.